The summed E-state index contributed by atoms with van der Waals surface area (Å²) in [7, 11) is 0. The third-order valence-electron chi connectivity index (χ3n) is 3.11. The lowest BCUT2D eigenvalue weighted by atomic mass is 10.1. The highest BCUT2D eigenvalue weighted by Crippen LogP contribution is 2.29. The van der Waals surface area contributed by atoms with Crippen LogP contribution in [0.1, 0.15) is 18.4 Å². The SMILES string of the molecule is O=[N+]([O-])c1cc(F)cc(Br)c1CC=CN1CCCC1. The zero-order chi connectivity index (χ0) is 13.8. The van der Waals surface area contributed by atoms with Crippen molar-refractivity contribution in [2.45, 2.75) is 19.3 Å². The summed E-state index contributed by atoms with van der Waals surface area (Å²) in [6, 6.07) is 2.22. The zero-order valence-corrected chi connectivity index (χ0v) is 11.9. The van der Waals surface area contributed by atoms with Gasteiger partial charge in [-0.2, -0.15) is 0 Å². The fraction of sp³-hybridized carbons (Fsp3) is 0.385. The molecule has 102 valence electrons. The van der Waals surface area contributed by atoms with Crippen molar-refractivity contribution in [2.24, 2.45) is 0 Å². The van der Waals surface area contributed by atoms with Crippen LogP contribution in [0.4, 0.5) is 10.1 Å². The van der Waals surface area contributed by atoms with Crippen LogP contribution in [0.2, 0.25) is 0 Å². The quantitative estimate of drug-likeness (QED) is 0.626. The number of likely N-dealkylation sites (tertiary alicyclic amines) is 1. The first-order chi connectivity index (χ1) is 9.08. The lowest BCUT2D eigenvalue weighted by molar-refractivity contribution is -0.385. The van der Waals surface area contributed by atoms with E-state index in [2.05, 4.69) is 20.8 Å². The summed E-state index contributed by atoms with van der Waals surface area (Å²) in [5.41, 5.74) is 0.319. The molecule has 1 aromatic rings. The molecule has 0 radical (unpaired) electrons. The fourth-order valence-corrected chi connectivity index (χ4v) is 2.75. The second kappa shape index (κ2) is 6.14. The second-order valence-electron chi connectivity index (χ2n) is 4.47. The van der Waals surface area contributed by atoms with E-state index >= 15 is 0 Å². The average Bonchev–Trinajstić information content (AvgIpc) is 2.84. The Bertz CT molecular complexity index is 514. The Kier molecular flexibility index (Phi) is 4.52. The molecule has 0 atom stereocenters. The maximum absolute atomic E-state index is 13.2. The van der Waals surface area contributed by atoms with E-state index in [1.807, 2.05) is 12.3 Å². The van der Waals surface area contributed by atoms with Gasteiger partial charge in [-0.1, -0.05) is 22.0 Å². The van der Waals surface area contributed by atoms with Gasteiger partial charge in [0.15, 0.2) is 0 Å². The van der Waals surface area contributed by atoms with Gasteiger partial charge in [-0.05, 0) is 31.5 Å². The molecule has 0 unspecified atom stereocenters. The van der Waals surface area contributed by atoms with Gasteiger partial charge in [0.05, 0.1) is 11.0 Å². The van der Waals surface area contributed by atoms with Crippen LogP contribution in [0, 0.1) is 15.9 Å². The topological polar surface area (TPSA) is 46.4 Å². The number of allylic oxidation sites excluding steroid dienone is 1. The molecule has 0 N–H and O–H groups in total. The number of nitro groups is 1. The van der Waals surface area contributed by atoms with E-state index in [9.17, 15) is 14.5 Å². The highest BCUT2D eigenvalue weighted by Gasteiger charge is 2.17. The molecule has 4 nitrogen and oxygen atoms in total. The number of halogens is 2. The second-order valence-corrected chi connectivity index (χ2v) is 5.33. The Morgan fingerprint density at radius 3 is 2.74 bits per heavy atom. The summed E-state index contributed by atoms with van der Waals surface area (Å²) in [6.07, 6.45) is 6.63. The van der Waals surface area contributed by atoms with Crippen molar-refractivity contribution in [1.82, 2.24) is 4.90 Å². The first-order valence-electron chi connectivity index (χ1n) is 6.11. The molecule has 1 fully saturated rings. The third-order valence-corrected chi connectivity index (χ3v) is 3.82. The van der Waals surface area contributed by atoms with Crippen molar-refractivity contribution in [3.05, 3.63) is 50.4 Å². The number of hydrogen-bond donors (Lipinski definition) is 0. The molecule has 0 bridgehead atoms. The Labute approximate surface area is 119 Å². The molecule has 1 aliphatic rings. The van der Waals surface area contributed by atoms with Gasteiger partial charge in [-0.3, -0.25) is 10.1 Å². The van der Waals surface area contributed by atoms with E-state index in [1.54, 1.807) is 0 Å². The van der Waals surface area contributed by atoms with Crippen LogP contribution in [0.25, 0.3) is 0 Å². The first-order valence-corrected chi connectivity index (χ1v) is 6.90. The van der Waals surface area contributed by atoms with Crippen LogP contribution in [-0.4, -0.2) is 22.9 Å². The summed E-state index contributed by atoms with van der Waals surface area (Å²) < 4.78 is 13.6. The number of hydrogen-bond acceptors (Lipinski definition) is 3. The van der Waals surface area contributed by atoms with Crippen LogP contribution in [0.5, 0.6) is 0 Å². The third kappa shape index (κ3) is 3.53. The van der Waals surface area contributed by atoms with Gasteiger partial charge in [0.25, 0.3) is 5.69 Å². The fourth-order valence-electron chi connectivity index (χ4n) is 2.17. The molecule has 1 aliphatic heterocycles. The van der Waals surface area contributed by atoms with Crippen molar-refractivity contribution in [3.8, 4) is 0 Å². The molecular formula is C13H14BrFN2O2. The normalized spacial score (nSPS) is 15.4. The number of rotatable bonds is 4. The minimum absolute atomic E-state index is 0.182. The van der Waals surface area contributed by atoms with E-state index in [0.717, 1.165) is 19.2 Å². The zero-order valence-electron chi connectivity index (χ0n) is 10.3. The van der Waals surface area contributed by atoms with Gasteiger partial charge in [0, 0.05) is 23.1 Å². The van der Waals surface area contributed by atoms with E-state index in [1.165, 1.54) is 18.9 Å². The minimum Gasteiger partial charge on any atom is -0.378 e. The van der Waals surface area contributed by atoms with E-state index in [4.69, 9.17) is 0 Å². The largest absolute Gasteiger partial charge is 0.378 e. The van der Waals surface area contributed by atoms with Crippen molar-refractivity contribution >= 4 is 21.6 Å². The molecule has 2 rings (SSSR count). The summed E-state index contributed by atoms with van der Waals surface area (Å²) in [4.78, 5) is 12.6. The summed E-state index contributed by atoms with van der Waals surface area (Å²) in [5.74, 6) is -0.606. The summed E-state index contributed by atoms with van der Waals surface area (Å²) in [5, 5.41) is 10.9. The molecule has 0 aliphatic carbocycles. The highest BCUT2D eigenvalue weighted by molar-refractivity contribution is 9.10. The highest BCUT2D eigenvalue weighted by atomic mass is 79.9. The Morgan fingerprint density at radius 2 is 2.11 bits per heavy atom. The van der Waals surface area contributed by atoms with Crippen LogP contribution in [0.3, 0.4) is 0 Å². The minimum atomic E-state index is -0.606. The molecule has 0 saturated carbocycles. The lowest BCUT2D eigenvalue weighted by Gasteiger charge is -2.10. The van der Waals surface area contributed by atoms with E-state index in [0.29, 0.717) is 16.5 Å². The molecule has 0 aromatic heterocycles. The van der Waals surface area contributed by atoms with Crippen LogP contribution < -0.4 is 0 Å². The smallest absolute Gasteiger partial charge is 0.276 e. The lowest BCUT2D eigenvalue weighted by Crippen LogP contribution is -2.10. The molecule has 0 amide bonds. The van der Waals surface area contributed by atoms with Gasteiger partial charge in [-0.25, -0.2) is 4.39 Å². The van der Waals surface area contributed by atoms with Gasteiger partial charge in [-0.15, -0.1) is 0 Å². The van der Waals surface area contributed by atoms with Crippen molar-refractivity contribution in [2.75, 3.05) is 13.1 Å². The number of nitro benzene ring substituents is 1. The van der Waals surface area contributed by atoms with Gasteiger partial charge in [0.2, 0.25) is 0 Å². The van der Waals surface area contributed by atoms with E-state index < -0.39 is 10.7 Å². The van der Waals surface area contributed by atoms with Crippen molar-refractivity contribution < 1.29 is 9.31 Å². The van der Waals surface area contributed by atoms with Crippen LogP contribution in [0.15, 0.2) is 28.9 Å². The maximum Gasteiger partial charge on any atom is 0.276 e. The number of benzene rings is 1. The molecule has 0 spiro atoms. The molecule has 6 heteroatoms. The maximum atomic E-state index is 13.2. The van der Waals surface area contributed by atoms with E-state index in [-0.39, 0.29) is 5.69 Å². The van der Waals surface area contributed by atoms with Crippen LogP contribution >= 0.6 is 15.9 Å². The Hall–Kier alpha value is -1.43. The van der Waals surface area contributed by atoms with Gasteiger partial charge >= 0.3 is 0 Å². The molecule has 1 saturated heterocycles. The monoisotopic (exact) mass is 328 g/mol. The van der Waals surface area contributed by atoms with Gasteiger partial charge < -0.3 is 4.90 Å². The average molecular weight is 329 g/mol. The number of nitrogens with zero attached hydrogens (tertiary/aromatic N) is 2. The Balaban J connectivity index is 2.16. The summed E-state index contributed by atoms with van der Waals surface area (Å²) in [6.45, 7) is 2.06. The molecule has 1 aromatic carbocycles. The van der Waals surface area contributed by atoms with Gasteiger partial charge in [0.1, 0.15) is 5.82 Å². The van der Waals surface area contributed by atoms with Crippen molar-refractivity contribution in [3.63, 3.8) is 0 Å². The Morgan fingerprint density at radius 1 is 1.42 bits per heavy atom. The molecular weight excluding hydrogens is 315 g/mol. The summed E-state index contributed by atoms with van der Waals surface area (Å²) >= 11 is 3.19. The molecule has 19 heavy (non-hydrogen) atoms. The standard InChI is InChI=1S/C13H14BrFN2O2/c14-12-8-10(15)9-13(17(18)19)11(12)4-3-7-16-5-1-2-6-16/h3,7-9H,1-2,4-6H2. The predicted molar refractivity (Wildman–Crippen MR) is 74.4 cm³/mol. The first kappa shape index (κ1) is 14.0. The van der Waals surface area contributed by atoms with Crippen molar-refractivity contribution in [1.29, 1.82) is 0 Å². The van der Waals surface area contributed by atoms with Crippen LogP contribution in [-0.2, 0) is 6.42 Å². The molecule has 1 heterocycles. The predicted octanol–water partition coefficient (Wildman–Crippen LogP) is 3.65.